The molecular formula is C24H20N2O2. The Labute approximate surface area is 164 Å². The van der Waals surface area contributed by atoms with Crippen LogP contribution in [0.5, 0.6) is 5.75 Å². The summed E-state index contributed by atoms with van der Waals surface area (Å²) in [5.74, 6) is 6.79. The first-order valence-corrected chi connectivity index (χ1v) is 9.23. The van der Waals surface area contributed by atoms with Gasteiger partial charge in [-0.3, -0.25) is 4.79 Å². The third kappa shape index (κ3) is 3.66. The lowest BCUT2D eigenvalue weighted by molar-refractivity contribution is 0.0939. The molecule has 1 N–H and O–H groups in total. The summed E-state index contributed by atoms with van der Waals surface area (Å²) in [4.78, 5) is 17.4. The van der Waals surface area contributed by atoms with Crippen LogP contribution >= 0.6 is 0 Å². The number of pyridine rings is 1. The van der Waals surface area contributed by atoms with Crippen LogP contribution in [-0.4, -0.2) is 24.4 Å². The van der Waals surface area contributed by atoms with E-state index in [1.807, 2.05) is 36.4 Å². The summed E-state index contributed by atoms with van der Waals surface area (Å²) in [6.07, 6.45) is 2.64. The summed E-state index contributed by atoms with van der Waals surface area (Å²) in [5, 5.41) is 3.35. The topological polar surface area (TPSA) is 51.2 Å². The van der Waals surface area contributed by atoms with Crippen LogP contribution in [0.1, 0.15) is 38.8 Å². The van der Waals surface area contributed by atoms with Gasteiger partial charge in [-0.1, -0.05) is 36.3 Å². The van der Waals surface area contributed by atoms with Crippen molar-refractivity contribution in [2.45, 2.75) is 12.5 Å². The summed E-state index contributed by atoms with van der Waals surface area (Å²) in [6.45, 7) is 0.788. The number of benzene rings is 2. The van der Waals surface area contributed by atoms with Crippen LogP contribution in [0.15, 0.2) is 66.9 Å². The maximum Gasteiger partial charge on any atom is 0.184 e. The second kappa shape index (κ2) is 8.08. The van der Waals surface area contributed by atoms with Gasteiger partial charge in [0.05, 0.1) is 18.7 Å². The zero-order valence-electron chi connectivity index (χ0n) is 15.6. The van der Waals surface area contributed by atoms with Crippen molar-refractivity contribution in [2.24, 2.45) is 0 Å². The zero-order valence-corrected chi connectivity index (χ0v) is 15.6. The van der Waals surface area contributed by atoms with Crippen molar-refractivity contribution in [3.05, 3.63) is 94.8 Å². The van der Waals surface area contributed by atoms with E-state index in [9.17, 15) is 4.79 Å². The molecule has 0 spiro atoms. The molecule has 1 aromatic heterocycles. The number of hydrogen-bond donors (Lipinski definition) is 1. The lowest BCUT2D eigenvalue weighted by atomic mass is 9.89. The van der Waals surface area contributed by atoms with E-state index in [1.54, 1.807) is 31.5 Å². The zero-order chi connectivity index (χ0) is 19.3. The van der Waals surface area contributed by atoms with Gasteiger partial charge in [0.1, 0.15) is 11.4 Å². The Morgan fingerprint density at radius 3 is 2.79 bits per heavy atom. The van der Waals surface area contributed by atoms with Gasteiger partial charge >= 0.3 is 0 Å². The van der Waals surface area contributed by atoms with Gasteiger partial charge in [0, 0.05) is 18.3 Å². The van der Waals surface area contributed by atoms with E-state index < -0.39 is 0 Å². The highest BCUT2D eigenvalue weighted by molar-refractivity contribution is 6.01. The second-order valence-corrected chi connectivity index (χ2v) is 6.58. The fourth-order valence-corrected chi connectivity index (χ4v) is 3.43. The van der Waals surface area contributed by atoms with Crippen LogP contribution in [0.2, 0.25) is 0 Å². The van der Waals surface area contributed by atoms with Gasteiger partial charge in [-0.15, -0.1) is 0 Å². The molecule has 0 radical (unpaired) electrons. The molecule has 0 aliphatic carbocycles. The third-order valence-corrected chi connectivity index (χ3v) is 4.85. The molecule has 3 aromatic rings. The maximum atomic E-state index is 13.2. The molecule has 4 heteroatoms. The van der Waals surface area contributed by atoms with E-state index in [0.717, 1.165) is 18.5 Å². The largest absolute Gasteiger partial charge is 0.495 e. The van der Waals surface area contributed by atoms with Gasteiger partial charge in [0.15, 0.2) is 5.78 Å². The average Bonchev–Trinajstić information content (AvgIpc) is 2.77. The van der Waals surface area contributed by atoms with Crippen LogP contribution < -0.4 is 10.1 Å². The molecule has 0 bridgehead atoms. The van der Waals surface area contributed by atoms with Gasteiger partial charge in [-0.2, -0.15) is 0 Å². The van der Waals surface area contributed by atoms with Crippen molar-refractivity contribution >= 4 is 5.78 Å². The van der Waals surface area contributed by atoms with Crippen LogP contribution in [-0.2, 0) is 6.42 Å². The highest BCUT2D eigenvalue weighted by atomic mass is 16.5. The van der Waals surface area contributed by atoms with Crippen LogP contribution in [0, 0.1) is 11.8 Å². The number of nitrogens with one attached hydrogen (secondary N) is 1. The molecule has 0 saturated heterocycles. The Morgan fingerprint density at radius 2 is 1.96 bits per heavy atom. The molecule has 1 aliphatic rings. The molecule has 1 aliphatic heterocycles. The fraction of sp³-hybridized carbons (Fsp3) is 0.167. The molecule has 2 heterocycles. The molecule has 28 heavy (non-hydrogen) atoms. The van der Waals surface area contributed by atoms with Crippen LogP contribution in [0.25, 0.3) is 0 Å². The normalized spacial score (nSPS) is 15.1. The molecule has 2 aromatic carbocycles. The lowest BCUT2D eigenvalue weighted by Gasteiger charge is -2.26. The lowest BCUT2D eigenvalue weighted by Crippen LogP contribution is -2.35. The Hall–Kier alpha value is -3.42. The molecule has 4 nitrogen and oxygen atoms in total. The minimum absolute atomic E-state index is 0.0377. The maximum absolute atomic E-state index is 13.2. The van der Waals surface area contributed by atoms with Crippen molar-refractivity contribution in [2.75, 3.05) is 13.7 Å². The molecule has 1 unspecified atom stereocenters. The minimum Gasteiger partial charge on any atom is -0.495 e. The molecule has 0 saturated carbocycles. The first kappa shape index (κ1) is 18.0. The number of ketones is 1. The van der Waals surface area contributed by atoms with Crippen molar-refractivity contribution in [1.29, 1.82) is 0 Å². The standard InChI is InChI=1S/C24H20N2O2/c1-28-22-12-10-19(16-18(22)9-11-20-7-4-5-14-25-20)24(27)23-21-8-3-2-6-17(21)13-15-26-23/h2-8,10,12,14,16,23,26H,13,15H2,1H3. The second-order valence-electron chi connectivity index (χ2n) is 6.58. The quantitative estimate of drug-likeness (QED) is 0.567. The monoisotopic (exact) mass is 368 g/mol. The average molecular weight is 368 g/mol. The van der Waals surface area contributed by atoms with E-state index in [-0.39, 0.29) is 11.8 Å². The van der Waals surface area contributed by atoms with Crippen molar-refractivity contribution in [3.63, 3.8) is 0 Å². The Kier molecular flexibility index (Phi) is 5.18. The molecule has 0 amide bonds. The van der Waals surface area contributed by atoms with Crippen molar-refractivity contribution in [3.8, 4) is 17.6 Å². The number of ether oxygens (including phenoxy) is 1. The molecular weight excluding hydrogens is 348 g/mol. The van der Waals surface area contributed by atoms with Crippen LogP contribution in [0.4, 0.5) is 0 Å². The number of carbonyl (C=O) groups is 1. The van der Waals surface area contributed by atoms with Crippen molar-refractivity contribution in [1.82, 2.24) is 10.3 Å². The number of carbonyl (C=O) groups excluding carboxylic acids is 1. The van der Waals surface area contributed by atoms with E-state index in [0.29, 0.717) is 22.6 Å². The number of hydrogen-bond acceptors (Lipinski definition) is 4. The van der Waals surface area contributed by atoms with E-state index in [1.165, 1.54) is 5.56 Å². The van der Waals surface area contributed by atoms with E-state index >= 15 is 0 Å². The predicted molar refractivity (Wildman–Crippen MR) is 108 cm³/mol. The number of fused-ring (bicyclic) bond motifs is 1. The number of aromatic nitrogens is 1. The highest BCUT2D eigenvalue weighted by Gasteiger charge is 2.27. The van der Waals surface area contributed by atoms with E-state index in [4.69, 9.17) is 4.74 Å². The first-order chi connectivity index (χ1) is 13.8. The van der Waals surface area contributed by atoms with Gasteiger partial charge in [0.2, 0.25) is 0 Å². The Morgan fingerprint density at radius 1 is 1.11 bits per heavy atom. The molecule has 138 valence electrons. The molecule has 0 fully saturated rings. The smallest absolute Gasteiger partial charge is 0.184 e. The number of methoxy groups -OCH3 is 1. The number of rotatable bonds is 3. The SMILES string of the molecule is COc1ccc(C(=O)C2NCCc3ccccc32)cc1C#Cc1ccccn1. The summed E-state index contributed by atoms with van der Waals surface area (Å²) < 4.78 is 5.42. The van der Waals surface area contributed by atoms with Gasteiger partial charge in [-0.25, -0.2) is 4.98 Å². The highest BCUT2D eigenvalue weighted by Crippen LogP contribution is 2.27. The number of nitrogens with zero attached hydrogens (tertiary/aromatic N) is 1. The third-order valence-electron chi connectivity index (χ3n) is 4.85. The van der Waals surface area contributed by atoms with Gasteiger partial charge < -0.3 is 10.1 Å². The summed E-state index contributed by atoms with van der Waals surface area (Å²) >= 11 is 0. The fourth-order valence-electron chi connectivity index (χ4n) is 3.43. The molecule has 1 atom stereocenters. The predicted octanol–water partition coefficient (Wildman–Crippen LogP) is 3.56. The summed E-state index contributed by atoms with van der Waals surface area (Å²) in [6, 6.07) is 18.7. The van der Waals surface area contributed by atoms with Crippen molar-refractivity contribution < 1.29 is 9.53 Å². The summed E-state index contributed by atoms with van der Waals surface area (Å²) in [7, 11) is 1.60. The summed E-state index contributed by atoms with van der Waals surface area (Å²) in [5.41, 5.74) is 4.23. The minimum atomic E-state index is -0.338. The molecule has 4 rings (SSSR count). The Balaban J connectivity index is 1.68. The van der Waals surface area contributed by atoms with Gasteiger partial charge in [-0.05, 0) is 53.8 Å². The van der Waals surface area contributed by atoms with Gasteiger partial charge in [0.25, 0.3) is 0 Å². The Bertz CT molecular complexity index is 1060. The van der Waals surface area contributed by atoms with Crippen LogP contribution in [0.3, 0.4) is 0 Å². The first-order valence-electron chi connectivity index (χ1n) is 9.23. The number of Topliss-reactive ketones (excluding diaryl/α,β-unsaturated/α-hetero) is 1. The van der Waals surface area contributed by atoms with E-state index in [2.05, 4.69) is 28.2 Å².